The van der Waals surface area contributed by atoms with Gasteiger partial charge in [0.15, 0.2) is 0 Å². The lowest BCUT2D eigenvalue weighted by molar-refractivity contribution is -0.112. The second-order valence-corrected chi connectivity index (χ2v) is 6.28. The normalized spacial score (nSPS) is 24.4. The molecule has 1 saturated heterocycles. The number of halogens is 1. The van der Waals surface area contributed by atoms with E-state index in [-0.39, 0.29) is 10.7 Å². The van der Waals surface area contributed by atoms with Crippen LogP contribution in [0.4, 0.5) is 0 Å². The fourth-order valence-electron chi connectivity index (χ4n) is 4.08. The minimum Gasteiger partial charge on any atom is -0.317 e. The Morgan fingerprint density at radius 2 is 2.05 bits per heavy atom. The van der Waals surface area contributed by atoms with Crippen LogP contribution in [0.15, 0.2) is 24.3 Å². The molecule has 3 heteroatoms. The number of benzene rings is 1. The molecule has 0 radical (unpaired) electrons. The van der Waals surface area contributed by atoms with Crippen molar-refractivity contribution in [1.29, 1.82) is 0 Å². The van der Waals surface area contributed by atoms with Gasteiger partial charge in [0, 0.05) is 11.8 Å². The zero-order chi connectivity index (χ0) is 13.3. The Morgan fingerprint density at radius 3 is 2.79 bits per heavy atom. The molecule has 102 valence electrons. The summed E-state index contributed by atoms with van der Waals surface area (Å²) in [5.41, 5.74) is 3.30. The van der Waals surface area contributed by atoms with Crippen LogP contribution in [0.25, 0.3) is 0 Å². The standard InChI is InChI=1S/C16H20ClNO/c17-15(19)6-5-13-11-12-3-1-2-4-14(12)16(13)7-9-18-10-8-16/h1-4,13,18H,5-11H2. The number of fused-ring (bicyclic) bond motifs is 2. The van der Waals surface area contributed by atoms with Gasteiger partial charge in [0.25, 0.3) is 0 Å². The highest BCUT2D eigenvalue weighted by Gasteiger charge is 2.46. The summed E-state index contributed by atoms with van der Waals surface area (Å²) in [6.07, 6.45) is 4.92. The first-order valence-corrected chi connectivity index (χ1v) is 7.57. The summed E-state index contributed by atoms with van der Waals surface area (Å²) in [6.45, 7) is 2.17. The smallest absolute Gasteiger partial charge is 0.221 e. The quantitative estimate of drug-likeness (QED) is 0.861. The van der Waals surface area contributed by atoms with Crippen molar-refractivity contribution in [1.82, 2.24) is 5.32 Å². The highest BCUT2D eigenvalue weighted by Crippen LogP contribution is 2.50. The predicted octanol–water partition coefficient (Wildman–Crippen LogP) is 3.03. The summed E-state index contributed by atoms with van der Waals surface area (Å²) in [7, 11) is 0. The minimum atomic E-state index is -0.194. The molecule has 1 N–H and O–H groups in total. The third kappa shape index (κ3) is 2.32. The minimum absolute atomic E-state index is 0.194. The molecule has 1 heterocycles. The summed E-state index contributed by atoms with van der Waals surface area (Å²) in [6, 6.07) is 8.82. The van der Waals surface area contributed by atoms with Crippen LogP contribution in [0.1, 0.15) is 36.8 Å². The number of piperidine rings is 1. The van der Waals surface area contributed by atoms with E-state index in [1.54, 1.807) is 0 Å². The van der Waals surface area contributed by atoms with Crippen molar-refractivity contribution < 1.29 is 4.79 Å². The fraction of sp³-hybridized carbons (Fsp3) is 0.562. The van der Waals surface area contributed by atoms with E-state index in [1.807, 2.05) is 0 Å². The van der Waals surface area contributed by atoms with E-state index in [0.29, 0.717) is 12.3 Å². The Morgan fingerprint density at radius 1 is 1.32 bits per heavy atom. The van der Waals surface area contributed by atoms with E-state index in [1.165, 1.54) is 24.0 Å². The average molecular weight is 278 g/mol. The highest BCUT2D eigenvalue weighted by molar-refractivity contribution is 6.63. The molecule has 1 fully saturated rings. The molecular weight excluding hydrogens is 258 g/mol. The van der Waals surface area contributed by atoms with Gasteiger partial charge in [-0.1, -0.05) is 24.3 Å². The van der Waals surface area contributed by atoms with Gasteiger partial charge in [-0.2, -0.15) is 0 Å². The Hall–Kier alpha value is -0.860. The van der Waals surface area contributed by atoms with Gasteiger partial charge in [-0.15, -0.1) is 0 Å². The molecule has 19 heavy (non-hydrogen) atoms. The molecule has 1 atom stereocenters. The number of nitrogens with one attached hydrogen (secondary N) is 1. The highest BCUT2D eigenvalue weighted by atomic mass is 35.5. The van der Waals surface area contributed by atoms with E-state index in [0.717, 1.165) is 25.9 Å². The van der Waals surface area contributed by atoms with Gasteiger partial charge < -0.3 is 5.32 Å². The lowest BCUT2D eigenvalue weighted by Crippen LogP contribution is -2.43. The SMILES string of the molecule is O=C(Cl)CCC1Cc2ccccc2C12CCNCC2. The maximum Gasteiger partial charge on any atom is 0.221 e. The van der Waals surface area contributed by atoms with Crippen LogP contribution in [0.3, 0.4) is 0 Å². The number of carbonyl (C=O) groups is 1. The number of hydrogen-bond acceptors (Lipinski definition) is 2. The first kappa shape index (κ1) is 13.1. The zero-order valence-corrected chi connectivity index (χ0v) is 11.9. The van der Waals surface area contributed by atoms with Crippen LogP contribution in [-0.4, -0.2) is 18.3 Å². The van der Waals surface area contributed by atoms with Gasteiger partial charge in [0.2, 0.25) is 5.24 Å². The third-order valence-corrected chi connectivity index (χ3v) is 5.18. The van der Waals surface area contributed by atoms with Crippen LogP contribution in [-0.2, 0) is 16.6 Å². The molecule has 1 spiro atoms. The average Bonchev–Trinajstić information content (AvgIpc) is 2.72. The van der Waals surface area contributed by atoms with Crippen LogP contribution in [0, 0.1) is 5.92 Å². The number of carbonyl (C=O) groups excluding carboxylic acids is 1. The van der Waals surface area contributed by atoms with E-state index in [4.69, 9.17) is 11.6 Å². The molecule has 1 unspecified atom stereocenters. The molecule has 1 aliphatic carbocycles. The molecule has 0 saturated carbocycles. The number of rotatable bonds is 3. The van der Waals surface area contributed by atoms with Gasteiger partial charge in [-0.25, -0.2) is 0 Å². The van der Waals surface area contributed by atoms with Crippen LogP contribution in [0.5, 0.6) is 0 Å². The molecule has 0 amide bonds. The Kier molecular flexibility index (Phi) is 3.64. The second kappa shape index (κ2) is 5.26. The Bertz CT molecular complexity index is 479. The molecule has 2 nitrogen and oxygen atoms in total. The maximum atomic E-state index is 11.1. The van der Waals surface area contributed by atoms with Crippen molar-refractivity contribution in [3.63, 3.8) is 0 Å². The summed E-state index contributed by atoms with van der Waals surface area (Å²) >= 11 is 5.54. The molecular formula is C16H20ClNO. The van der Waals surface area contributed by atoms with Crippen molar-refractivity contribution in [3.8, 4) is 0 Å². The topological polar surface area (TPSA) is 29.1 Å². The van der Waals surface area contributed by atoms with Crippen LogP contribution in [0.2, 0.25) is 0 Å². The molecule has 1 aromatic carbocycles. The first-order chi connectivity index (χ1) is 9.22. The van der Waals surface area contributed by atoms with Crippen molar-refractivity contribution in [2.45, 2.75) is 37.5 Å². The molecule has 3 rings (SSSR count). The van der Waals surface area contributed by atoms with Gasteiger partial charge in [-0.3, -0.25) is 4.79 Å². The Labute approximate surface area is 119 Å². The molecule has 0 bridgehead atoms. The Balaban J connectivity index is 1.91. The summed E-state index contributed by atoms with van der Waals surface area (Å²) < 4.78 is 0. The molecule has 2 aliphatic rings. The van der Waals surface area contributed by atoms with Crippen molar-refractivity contribution >= 4 is 16.8 Å². The fourth-order valence-corrected chi connectivity index (χ4v) is 4.19. The van der Waals surface area contributed by atoms with Gasteiger partial charge in [-0.05, 0) is 67.4 Å². The lowest BCUT2D eigenvalue weighted by atomic mass is 9.67. The van der Waals surface area contributed by atoms with Crippen molar-refractivity contribution in [2.75, 3.05) is 13.1 Å². The van der Waals surface area contributed by atoms with Gasteiger partial charge in [0.1, 0.15) is 0 Å². The van der Waals surface area contributed by atoms with E-state index in [2.05, 4.69) is 29.6 Å². The van der Waals surface area contributed by atoms with Crippen LogP contribution >= 0.6 is 11.6 Å². The van der Waals surface area contributed by atoms with E-state index < -0.39 is 0 Å². The first-order valence-electron chi connectivity index (χ1n) is 7.20. The molecule has 1 aliphatic heterocycles. The zero-order valence-electron chi connectivity index (χ0n) is 11.1. The lowest BCUT2D eigenvalue weighted by Gasteiger charge is -2.40. The predicted molar refractivity (Wildman–Crippen MR) is 77.5 cm³/mol. The summed E-state index contributed by atoms with van der Waals surface area (Å²) in [5, 5.41) is 3.26. The van der Waals surface area contributed by atoms with E-state index in [9.17, 15) is 4.79 Å². The van der Waals surface area contributed by atoms with Crippen LogP contribution < -0.4 is 5.32 Å². The maximum absolute atomic E-state index is 11.1. The van der Waals surface area contributed by atoms with Crippen molar-refractivity contribution in [3.05, 3.63) is 35.4 Å². The monoisotopic (exact) mass is 277 g/mol. The second-order valence-electron chi connectivity index (χ2n) is 5.86. The number of hydrogen-bond donors (Lipinski definition) is 1. The third-order valence-electron chi connectivity index (χ3n) is 4.99. The largest absolute Gasteiger partial charge is 0.317 e. The van der Waals surface area contributed by atoms with Gasteiger partial charge >= 0.3 is 0 Å². The summed E-state index contributed by atoms with van der Waals surface area (Å²) in [5.74, 6) is 0.578. The summed E-state index contributed by atoms with van der Waals surface area (Å²) in [4.78, 5) is 11.1. The molecule has 1 aromatic rings. The molecule has 0 aromatic heterocycles. The van der Waals surface area contributed by atoms with Crippen molar-refractivity contribution in [2.24, 2.45) is 5.92 Å². The van der Waals surface area contributed by atoms with Gasteiger partial charge in [0.05, 0.1) is 0 Å². The van der Waals surface area contributed by atoms with E-state index >= 15 is 0 Å².